The van der Waals surface area contributed by atoms with E-state index in [-0.39, 0.29) is 11.0 Å². The van der Waals surface area contributed by atoms with Gasteiger partial charge in [-0.3, -0.25) is 0 Å². The van der Waals surface area contributed by atoms with Gasteiger partial charge in [0.2, 0.25) is 5.79 Å². The lowest BCUT2D eigenvalue weighted by atomic mass is 10.2. The van der Waals surface area contributed by atoms with Crippen LogP contribution in [0.25, 0.3) is 0 Å². The number of rotatable bonds is 2. The molecular formula is C13H24O4Si. The maximum Gasteiger partial charge on any atom is 0.320 e. The van der Waals surface area contributed by atoms with E-state index in [9.17, 15) is 4.79 Å². The first-order chi connectivity index (χ1) is 7.93. The first-order valence-electron chi connectivity index (χ1n) is 6.19. The fourth-order valence-electron chi connectivity index (χ4n) is 1.26. The molecule has 0 aliphatic carbocycles. The van der Waals surface area contributed by atoms with Gasteiger partial charge in [-0.2, -0.15) is 0 Å². The SMILES string of the molecule is CC1(C)OC/C(=C\C(=O)O[Si](C)(C)C(C)(C)C)O1. The van der Waals surface area contributed by atoms with Crippen molar-refractivity contribution < 1.29 is 18.7 Å². The highest BCUT2D eigenvalue weighted by molar-refractivity contribution is 6.75. The molecule has 0 bridgehead atoms. The fraction of sp³-hybridized carbons (Fsp3) is 0.769. The third kappa shape index (κ3) is 3.85. The third-order valence-corrected chi connectivity index (χ3v) is 7.70. The summed E-state index contributed by atoms with van der Waals surface area (Å²) in [7, 11) is -2.07. The van der Waals surface area contributed by atoms with Crippen LogP contribution in [-0.4, -0.2) is 26.7 Å². The minimum atomic E-state index is -2.07. The molecule has 4 nitrogen and oxygen atoms in total. The van der Waals surface area contributed by atoms with E-state index in [1.54, 1.807) is 0 Å². The lowest BCUT2D eigenvalue weighted by Crippen LogP contribution is -2.42. The van der Waals surface area contributed by atoms with E-state index in [0.29, 0.717) is 12.4 Å². The van der Waals surface area contributed by atoms with E-state index >= 15 is 0 Å². The molecule has 0 aromatic rings. The Kier molecular flexibility index (Phi) is 3.98. The molecule has 0 N–H and O–H groups in total. The summed E-state index contributed by atoms with van der Waals surface area (Å²) in [6.07, 6.45) is 1.40. The third-order valence-electron chi connectivity index (χ3n) is 3.38. The van der Waals surface area contributed by atoms with Gasteiger partial charge in [0.15, 0.2) is 0 Å². The highest BCUT2D eigenvalue weighted by Crippen LogP contribution is 2.36. The topological polar surface area (TPSA) is 44.8 Å². The van der Waals surface area contributed by atoms with Gasteiger partial charge >= 0.3 is 5.97 Å². The van der Waals surface area contributed by atoms with Crippen LogP contribution in [0.1, 0.15) is 34.6 Å². The first kappa shape index (κ1) is 15.2. The molecule has 0 unspecified atom stereocenters. The molecule has 18 heavy (non-hydrogen) atoms. The van der Waals surface area contributed by atoms with Crippen molar-refractivity contribution in [3.8, 4) is 0 Å². The summed E-state index contributed by atoms with van der Waals surface area (Å²) in [4.78, 5) is 11.9. The summed E-state index contributed by atoms with van der Waals surface area (Å²) < 4.78 is 16.5. The van der Waals surface area contributed by atoms with Crippen molar-refractivity contribution in [2.45, 2.75) is 58.5 Å². The fourth-order valence-corrected chi connectivity index (χ4v) is 2.12. The van der Waals surface area contributed by atoms with E-state index in [1.165, 1.54) is 6.08 Å². The van der Waals surface area contributed by atoms with Crippen LogP contribution >= 0.6 is 0 Å². The summed E-state index contributed by atoms with van der Waals surface area (Å²) in [6, 6.07) is 0. The number of ether oxygens (including phenoxy) is 2. The van der Waals surface area contributed by atoms with Gasteiger partial charge in [0, 0.05) is 13.8 Å². The van der Waals surface area contributed by atoms with Gasteiger partial charge in [0.05, 0.1) is 6.08 Å². The molecule has 0 saturated carbocycles. The Labute approximate surface area is 110 Å². The second kappa shape index (κ2) is 4.70. The molecule has 1 fully saturated rings. The predicted molar refractivity (Wildman–Crippen MR) is 72.5 cm³/mol. The van der Waals surface area contributed by atoms with E-state index in [1.807, 2.05) is 26.9 Å². The minimum Gasteiger partial charge on any atom is -0.516 e. The molecule has 1 saturated heterocycles. The van der Waals surface area contributed by atoms with Crippen molar-refractivity contribution in [2.24, 2.45) is 0 Å². The molecule has 0 radical (unpaired) electrons. The van der Waals surface area contributed by atoms with E-state index in [0.717, 1.165) is 0 Å². The van der Waals surface area contributed by atoms with Crippen LogP contribution in [0.4, 0.5) is 0 Å². The lowest BCUT2D eigenvalue weighted by Gasteiger charge is -2.35. The summed E-state index contributed by atoms with van der Waals surface area (Å²) >= 11 is 0. The van der Waals surface area contributed by atoms with Crippen LogP contribution in [0.5, 0.6) is 0 Å². The Bertz CT molecular complexity index is 364. The molecular weight excluding hydrogens is 248 g/mol. The second-order valence-electron chi connectivity index (χ2n) is 6.58. The normalized spacial score (nSPS) is 21.8. The van der Waals surface area contributed by atoms with Crippen molar-refractivity contribution in [1.82, 2.24) is 0 Å². The minimum absolute atomic E-state index is 0.00741. The van der Waals surface area contributed by atoms with Crippen molar-refractivity contribution in [1.29, 1.82) is 0 Å². The molecule has 104 valence electrons. The molecule has 0 amide bonds. The van der Waals surface area contributed by atoms with Gasteiger partial charge in [-0.25, -0.2) is 4.79 Å². The summed E-state index contributed by atoms with van der Waals surface area (Å²) in [6.45, 7) is 14.3. The van der Waals surface area contributed by atoms with Crippen LogP contribution in [0, 0.1) is 0 Å². The van der Waals surface area contributed by atoms with Gasteiger partial charge in [-0.05, 0) is 18.1 Å². The summed E-state index contributed by atoms with van der Waals surface area (Å²) in [5, 5.41) is 0.00741. The molecule has 1 aliphatic rings. The van der Waals surface area contributed by atoms with E-state index in [2.05, 4.69) is 20.8 Å². The van der Waals surface area contributed by atoms with Crippen LogP contribution in [-0.2, 0) is 18.7 Å². The monoisotopic (exact) mass is 272 g/mol. The standard InChI is InChI=1S/C13H24O4Si/c1-12(2,3)18(6,7)17-11(14)8-10-9-15-13(4,5)16-10/h8H,9H2,1-7H3/b10-8+. The van der Waals surface area contributed by atoms with Gasteiger partial charge in [0.25, 0.3) is 8.32 Å². The zero-order chi connectivity index (χ0) is 14.2. The molecule has 1 aliphatic heterocycles. The van der Waals surface area contributed by atoms with Gasteiger partial charge < -0.3 is 13.9 Å². The van der Waals surface area contributed by atoms with Crippen LogP contribution < -0.4 is 0 Å². The van der Waals surface area contributed by atoms with Gasteiger partial charge in [-0.1, -0.05) is 20.8 Å². The Morgan fingerprint density at radius 2 is 1.94 bits per heavy atom. The Morgan fingerprint density at radius 3 is 2.33 bits per heavy atom. The lowest BCUT2D eigenvalue weighted by molar-refractivity contribution is -0.130. The molecule has 0 aromatic heterocycles. The van der Waals surface area contributed by atoms with Crippen molar-refractivity contribution >= 4 is 14.3 Å². The van der Waals surface area contributed by atoms with Crippen LogP contribution in [0.15, 0.2) is 11.8 Å². The molecule has 5 heteroatoms. The quantitative estimate of drug-likeness (QED) is 0.572. The van der Waals surface area contributed by atoms with Crippen LogP contribution in [0.3, 0.4) is 0 Å². The van der Waals surface area contributed by atoms with Crippen LogP contribution in [0.2, 0.25) is 18.1 Å². The van der Waals surface area contributed by atoms with E-state index in [4.69, 9.17) is 13.9 Å². The first-order valence-corrected chi connectivity index (χ1v) is 9.10. The number of carbonyl (C=O) groups is 1. The number of hydrogen-bond acceptors (Lipinski definition) is 4. The van der Waals surface area contributed by atoms with Gasteiger partial charge in [0.1, 0.15) is 12.4 Å². The Hall–Kier alpha value is -0.813. The predicted octanol–water partition coefficient (Wildman–Crippen LogP) is 3.20. The molecule has 0 spiro atoms. The molecule has 1 rings (SSSR count). The zero-order valence-corrected chi connectivity index (χ0v) is 13.4. The number of hydrogen-bond donors (Lipinski definition) is 0. The Balaban J connectivity index is 2.66. The zero-order valence-electron chi connectivity index (χ0n) is 12.4. The average Bonchev–Trinajstić information content (AvgIpc) is 2.41. The van der Waals surface area contributed by atoms with E-state index < -0.39 is 14.1 Å². The smallest absolute Gasteiger partial charge is 0.320 e. The largest absolute Gasteiger partial charge is 0.516 e. The Morgan fingerprint density at radius 1 is 1.39 bits per heavy atom. The maximum atomic E-state index is 11.9. The maximum absolute atomic E-state index is 11.9. The highest BCUT2D eigenvalue weighted by atomic mass is 28.4. The van der Waals surface area contributed by atoms with Gasteiger partial charge in [-0.15, -0.1) is 0 Å². The molecule has 0 atom stereocenters. The number of carbonyl (C=O) groups excluding carboxylic acids is 1. The summed E-state index contributed by atoms with van der Waals surface area (Å²) in [5.41, 5.74) is 0. The van der Waals surface area contributed by atoms with Crippen molar-refractivity contribution in [3.05, 3.63) is 11.8 Å². The van der Waals surface area contributed by atoms with Crippen molar-refractivity contribution in [2.75, 3.05) is 6.61 Å². The highest BCUT2D eigenvalue weighted by Gasteiger charge is 2.40. The summed E-state index contributed by atoms with van der Waals surface area (Å²) in [5.74, 6) is -0.454. The second-order valence-corrected chi connectivity index (χ2v) is 11.3. The van der Waals surface area contributed by atoms with Crippen molar-refractivity contribution in [3.63, 3.8) is 0 Å². The molecule has 1 heterocycles. The molecule has 0 aromatic carbocycles. The average molecular weight is 272 g/mol.